The third kappa shape index (κ3) is 2.92. The second-order valence-electron chi connectivity index (χ2n) is 2.67. The third-order valence-electron chi connectivity index (χ3n) is 1.64. The van der Waals surface area contributed by atoms with Gasteiger partial charge in [0.2, 0.25) is 0 Å². The lowest BCUT2D eigenvalue weighted by Gasteiger charge is -2.07. The van der Waals surface area contributed by atoms with E-state index in [2.05, 4.69) is 0 Å². The number of hydrogen-bond donors (Lipinski definition) is 1. The van der Waals surface area contributed by atoms with Crippen LogP contribution in [0.3, 0.4) is 0 Å². The van der Waals surface area contributed by atoms with Gasteiger partial charge in [-0.1, -0.05) is 30.4 Å². The van der Waals surface area contributed by atoms with Gasteiger partial charge >= 0.3 is 0 Å². The lowest BCUT2D eigenvalue weighted by molar-refractivity contribution is 0.327. The minimum atomic E-state index is 0.546. The Morgan fingerprint density at radius 1 is 1.38 bits per heavy atom. The highest BCUT2D eigenvalue weighted by Gasteiger charge is 1.97. The Morgan fingerprint density at radius 3 is 2.85 bits per heavy atom. The molecule has 0 heterocycles. The van der Waals surface area contributed by atoms with E-state index in [4.69, 9.17) is 10.5 Å². The Bertz CT molecular complexity index is 281. The largest absolute Gasteiger partial charge is 0.492 e. The van der Waals surface area contributed by atoms with Crippen LogP contribution >= 0.6 is 0 Å². The SMILES string of the molecule is C/C=C/c1ccccc1OCCN. The average Bonchev–Trinajstić information content (AvgIpc) is 2.17. The molecule has 70 valence electrons. The fourth-order valence-corrected chi connectivity index (χ4v) is 1.10. The monoisotopic (exact) mass is 177 g/mol. The summed E-state index contributed by atoms with van der Waals surface area (Å²) in [4.78, 5) is 0. The van der Waals surface area contributed by atoms with Crippen LogP contribution in [0, 0.1) is 0 Å². The highest BCUT2D eigenvalue weighted by atomic mass is 16.5. The molecule has 1 rings (SSSR count). The minimum absolute atomic E-state index is 0.546. The van der Waals surface area contributed by atoms with Gasteiger partial charge in [0.25, 0.3) is 0 Å². The first-order valence-corrected chi connectivity index (χ1v) is 4.43. The third-order valence-corrected chi connectivity index (χ3v) is 1.64. The van der Waals surface area contributed by atoms with Gasteiger partial charge in [-0.2, -0.15) is 0 Å². The lowest BCUT2D eigenvalue weighted by Crippen LogP contribution is -2.10. The molecule has 0 saturated carbocycles. The molecule has 0 saturated heterocycles. The first-order chi connectivity index (χ1) is 6.38. The molecular weight excluding hydrogens is 162 g/mol. The van der Waals surface area contributed by atoms with Crippen LogP contribution < -0.4 is 10.5 Å². The van der Waals surface area contributed by atoms with E-state index in [0.717, 1.165) is 11.3 Å². The maximum atomic E-state index is 5.46. The van der Waals surface area contributed by atoms with Crippen molar-refractivity contribution in [3.05, 3.63) is 35.9 Å². The van der Waals surface area contributed by atoms with E-state index in [9.17, 15) is 0 Å². The van der Waals surface area contributed by atoms with Gasteiger partial charge in [-0.3, -0.25) is 0 Å². The highest BCUT2D eigenvalue weighted by Crippen LogP contribution is 2.18. The number of hydrogen-bond acceptors (Lipinski definition) is 2. The van der Waals surface area contributed by atoms with Gasteiger partial charge in [0, 0.05) is 12.1 Å². The van der Waals surface area contributed by atoms with Crippen molar-refractivity contribution in [2.45, 2.75) is 6.92 Å². The molecule has 0 bridgehead atoms. The summed E-state index contributed by atoms with van der Waals surface area (Å²) < 4.78 is 5.46. The summed E-state index contributed by atoms with van der Waals surface area (Å²) in [5, 5.41) is 0. The molecule has 1 aromatic carbocycles. The zero-order valence-electron chi connectivity index (χ0n) is 7.86. The number of benzene rings is 1. The normalized spacial score (nSPS) is 10.6. The van der Waals surface area contributed by atoms with Crippen LogP contribution in [0.2, 0.25) is 0 Å². The van der Waals surface area contributed by atoms with Crippen molar-refractivity contribution in [2.24, 2.45) is 5.73 Å². The summed E-state index contributed by atoms with van der Waals surface area (Å²) in [7, 11) is 0. The predicted octanol–water partition coefficient (Wildman–Crippen LogP) is 2.06. The van der Waals surface area contributed by atoms with Crippen LogP contribution in [0.4, 0.5) is 0 Å². The summed E-state index contributed by atoms with van der Waals surface area (Å²) in [6.07, 6.45) is 4.01. The lowest BCUT2D eigenvalue weighted by atomic mass is 10.2. The molecule has 0 aromatic heterocycles. The van der Waals surface area contributed by atoms with Crippen molar-refractivity contribution in [1.82, 2.24) is 0 Å². The van der Waals surface area contributed by atoms with E-state index < -0.39 is 0 Å². The second kappa shape index (κ2) is 5.38. The molecule has 2 heteroatoms. The molecule has 13 heavy (non-hydrogen) atoms. The summed E-state index contributed by atoms with van der Waals surface area (Å²) in [6.45, 7) is 3.10. The number of rotatable bonds is 4. The fourth-order valence-electron chi connectivity index (χ4n) is 1.10. The van der Waals surface area contributed by atoms with E-state index in [0.29, 0.717) is 13.2 Å². The van der Waals surface area contributed by atoms with E-state index in [1.807, 2.05) is 43.3 Å². The Morgan fingerprint density at radius 2 is 2.15 bits per heavy atom. The molecule has 0 aliphatic heterocycles. The molecule has 0 fully saturated rings. The molecule has 0 atom stereocenters. The second-order valence-corrected chi connectivity index (χ2v) is 2.67. The molecule has 0 unspecified atom stereocenters. The number of nitrogens with two attached hydrogens (primary N) is 1. The van der Waals surface area contributed by atoms with Gasteiger partial charge in [0.05, 0.1) is 0 Å². The first-order valence-electron chi connectivity index (χ1n) is 4.43. The topological polar surface area (TPSA) is 35.2 Å². The smallest absolute Gasteiger partial charge is 0.126 e. The van der Waals surface area contributed by atoms with Gasteiger partial charge < -0.3 is 10.5 Å². The zero-order chi connectivity index (χ0) is 9.52. The van der Waals surface area contributed by atoms with Crippen molar-refractivity contribution in [1.29, 1.82) is 0 Å². The van der Waals surface area contributed by atoms with Crippen molar-refractivity contribution < 1.29 is 4.74 Å². The molecule has 0 aliphatic carbocycles. The van der Waals surface area contributed by atoms with Crippen molar-refractivity contribution >= 4 is 6.08 Å². The van der Waals surface area contributed by atoms with Crippen LogP contribution in [-0.4, -0.2) is 13.2 Å². The van der Waals surface area contributed by atoms with Crippen LogP contribution in [-0.2, 0) is 0 Å². The van der Waals surface area contributed by atoms with E-state index in [1.165, 1.54) is 0 Å². The molecule has 2 N–H and O–H groups in total. The van der Waals surface area contributed by atoms with Crippen LogP contribution in [0.1, 0.15) is 12.5 Å². The maximum Gasteiger partial charge on any atom is 0.126 e. The standard InChI is InChI=1S/C11H15NO/c1-2-5-10-6-3-4-7-11(10)13-9-8-12/h2-7H,8-9,12H2,1H3/b5-2+. The Labute approximate surface area is 79.0 Å². The average molecular weight is 177 g/mol. The molecule has 0 amide bonds. The highest BCUT2D eigenvalue weighted by molar-refractivity contribution is 5.56. The van der Waals surface area contributed by atoms with Crippen LogP contribution in [0.15, 0.2) is 30.3 Å². The summed E-state index contributed by atoms with van der Waals surface area (Å²) >= 11 is 0. The molecule has 0 aliphatic rings. The van der Waals surface area contributed by atoms with E-state index in [1.54, 1.807) is 0 Å². The molecule has 0 radical (unpaired) electrons. The molecule has 2 nitrogen and oxygen atoms in total. The van der Waals surface area contributed by atoms with Gasteiger partial charge in [-0.25, -0.2) is 0 Å². The van der Waals surface area contributed by atoms with Crippen molar-refractivity contribution in [3.63, 3.8) is 0 Å². The Hall–Kier alpha value is -1.28. The predicted molar refractivity (Wildman–Crippen MR) is 55.7 cm³/mol. The molecule has 1 aromatic rings. The molecule has 0 spiro atoms. The number of ether oxygens (including phenoxy) is 1. The van der Waals surface area contributed by atoms with E-state index >= 15 is 0 Å². The zero-order valence-corrected chi connectivity index (χ0v) is 7.86. The number of allylic oxidation sites excluding steroid dienone is 1. The minimum Gasteiger partial charge on any atom is -0.492 e. The Kier molecular flexibility index (Phi) is 4.06. The van der Waals surface area contributed by atoms with Gasteiger partial charge in [-0.15, -0.1) is 0 Å². The van der Waals surface area contributed by atoms with Gasteiger partial charge in [0.15, 0.2) is 0 Å². The number of para-hydroxylation sites is 1. The quantitative estimate of drug-likeness (QED) is 0.764. The van der Waals surface area contributed by atoms with E-state index in [-0.39, 0.29) is 0 Å². The van der Waals surface area contributed by atoms with Crippen LogP contribution in [0.5, 0.6) is 5.75 Å². The van der Waals surface area contributed by atoms with Crippen LogP contribution in [0.25, 0.3) is 6.08 Å². The van der Waals surface area contributed by atoms with Crippen molar-refractivity contribution in [3.8, 4) is 5.75 Å². The van der Waals surface area contributed by atoms with Crippen molar-refractivity contribution in [2.75, 3.05) is 13.2 Å². The Balaban J connectivity index is 2.78. The van der Waals surface area contributed by atoms with Gasteiger partial charge in [0.1, 0.15) is 12.4 Å². The first kappa shape index (κ1) is 9.81. The fraction of sp³-hybridized carbons (Fsp3) is 0.273. The molecular formula is C11H15NO. The summed E-state index contributed by atoms with van der Waals surface area (Å²) in [5.41, 5.74) is 6.45. The summed E-state index contributed by atoms with van der Waals surface area (Å²) in [5.74, 6) is 0.894. The van der Waals surface area contributed by atoms with Gasteiger partial charge in [-0.05, 0) is 13.0 Å². The summed E-state index contributed by atoms with van der Waals surface area (Å²) in [6, 6.07) is 7.92. The maximum absolute atomic E-state index is 5.46.